The van der Waals surface area contributed by atoms with Gasteiger partial charge in [-0.2, -0.15) is 0 Å². The Morgan fingerprint density at radius 3 is 2.89 bits per heavy atom. The molecule has 2 unspecified atom stereocenters. The zero-order valence-electron chi connectivity index (χ0n) is 15.9. The fourth-order valence-electron chi connectivity index (χ4n) is 3.09. The number of nitrogens with zero attached hydrogens (tertiary/aromatic N) is 1. The van der Waals surface area contributed by atoms with Crippen LogP contribution in [0.3, 0.4) is 0 Å². The summed E-state index contributed by atoms with van der Waals surface area (Å²) in [5.41, 5.74) is 0. The highest BCUT2D eigenvalue weighted by atomic mass is 127. The van der Waals surface area contributed by atoms with Crippen LogP contribution in [-0.2, 0) is 20.6 Å². The highest BCUT2D eigenvalue weighted by Crippen LogP contribution is 2.11. The van der Waals surface area contributed by atoms with Gasteiger partial charge in [-0.3, -0.25) is 4.99 Å². The van der Waals surface area contributed by atoms with Crippen molar-refractivity contribution in [2.75, 3.05) is 46.1 Å². The topological polar surface area (TPSA) is 77.3 Å². The first kappa shape index (κ1) is 22.4. The molecule has 154 valence electrons. The van der Waals surface area contributed by atoms with Crippen LogP contribution in [0.4, 0.5) is 0 Å². The van der Waals surface area contributed by atoms with Crippen molar-refractivity contribution in [3.05, 3.63) is 24.2 Å². The average molecular weight is 493 g/mol. The zero-order valence-corrected chi connectivity index (χ0v) is 18.2. The summed E-state index contributed by atoms with van der Waals surface area (Å²) in [6.07, 6.45) is 7.25. The SMILES string of the molecule is I.c1coc(CCNC(=NCC2CCCO2)NCCCOC2CCOC2)c1. The molecule has 0 amide bonds. The third kappa shape index (κ3) is 8.80. The second kappa shape index (κ2) is 13.4. The van der Waals surface area contributed by atoms with Crippen LogP contribution in [0.25, 0.3) is 0 Å². The number of nitrogens with one attached hydrogen (secondary N) is 2. The lowest BCUT2D eigenvalue weighted by molar-refractivity contribution is 0.0420. The van der Waals surface area contributed by atoms with Gasteiger partial charge in [0.15, 0.2) is 5.96 Å². The van der Waals surface area contributed by atoms with E-state index in [-0.39, 0.29) is 36.2 Å². The fraction of sp³-hybridized carbons (Fsp3) is 0.737. The van der Waals surface area contributed by atoms with E-state index in [1.54, 1.807) is 6.26 Å². The Kier molecular flexibility index (Phi) is 11.1. The molecular formula is C19H32IN3O4. The monoisotopic (exact) mass is 493 g/mol. The molecule has 2 atom stereocenters. The van der Waals surface area contributed by atoms with Crippen LogP contribution in [-0.4, -0.2) is 64.2 Å². The average Bonchev–Trinajstić information content (AvgIpc) is 3.42. The minimum absolute atomic E-state index is 0. The molecule has 0 bridgehead atoms. The van der Waals surface area contributed by atoms with E-state index < -0.39 is 0 Å². The van der Waals surface area contributed by atoms with E-state index in [1.165, 1.54) is 0 Å². The van der Waals surface area contributed by atoms with E-state index >= 15 is 0 Å². The lowest BCUT2D eigenvalue weighted by Crippen LogP contribution is -2.39. The van der Waals surface area contributed by atoms with Crippen molar-refractivity contribution in [3.8, 4) is 0 Å². The predicted molar refractivity (Wildman–Crippen MR) is 115 cm³/mol. The number of furan rings is 1. The third-order valence-corrected chi connectivity index (χ3v) is 4.58. The number of ether oxygens (including phenoxy) is 3. The van der Waals surface area contributed by atoms with E-state index in [2.05, 4.69) is 15.6 Å². The largest absolute Gasteiger partial charge is 0.469 e. The lowest BCUT2D eigenvalue weighted by Gasteiger charge is -2.14. The van der Waals surface area contributed by atoms with Gasteiger partial charge >= 0.3 is 0 Å². The second-order valence-electron chi connectivity index (χ2n) is 6.72. The van der Waals surface area contributed by atoms with E-state index in [9.17, 15) is 0 Å². The quantitative estimate of drug-likeness (QED) is 0.226. The lowest BCUT2D eigenvalue weighted by atomic mass is 10.2. The molecule has 0 aromatic carbocycles. The Morgan fingerprint density at radius 1 is 1.22 bits per heavy atom. The molecule has 8 heteroatoms. The summed E-state index contributed by atoms with van der Waals surface area (Å²) in [5.74, 6) is 1.81. The van der Waals surface area contributed by atoms with Crippen LogP contribution in [0.1, 0.15) is 31.4 Å². The summed E-state index contributed by atoms with van der Waals surface area (Å²) in [5, 5.41) is 6.77. The van der Waals surface area contributed by atoms with Crippen LogP contribution in [0, 0.1) is 0 Å². The number of hydrogen-bond donors (Lipinski definition) is 2. The normalized spacial score (nSPS) is 22.6. The molecule has 2 saturated heterocycles. The van der Waals surface area contributed by atoms with E-state index in [1.807, 2.05) is 12.1 Å². The Hall–Kier alpha value is -0.840. The van der Waals surface area contributed by atoms with Crippen molar-refractivity contribution >= 4 is 29.9 Å². The van der Waals surface area contributed by atoms with Crippen molar-refractivity contribution in [2.45, 2.75) is 44.3 Å². The molecule has 3 rings (SSSR count). The van der Waals surface area contributed by atoms with Gasteiger partial charge < -0.3 is 29.3 Å². The summed E-state index contributed by atoms with van der Waals surface area (Å²) in [4.78, 5) is 4.68. The maximum absolute atomic E-state index is 5.80. The minimum atomic E-state index is 0. The summed E-state index contributed by atoms with van der Waals surface area (Å²) in [6, 6.07) is 3.90. The Bertz CT molecular complexity index is 515. The maximum atomic E-state index is 5.80. The first-order valence-electron chi connectivity index (χ1n) is 9.75. The van der Waals surface area contributed by atoms with Crippen molar-refractivity contribution in [3.63, 3.8) is 0 Å². The van der Waals surface area contributed by atoms with Gasteiger partial charge in [-0.05, 0) is 37.8 Å². The molecule has 1 aromatic heterocycles. The molecule has 0 saturated carbocycles. The first-order valence-corrected chi connectivity index (χ1v) is 9.75. The van der Waals surface area contributed by atoms with E-state index in [0.29, 0.717) is 6.54 Å². The zero-order chi connectivity index (χ0) is 17.9. The molecule has 2 N–H and O–H groups in total. The molecule has 0 aliphatic carbocycles. The van der Waals surface area contributed by atoms with Gasteiger partial charge in [-0.25, -0.2) is 0 Å². The summed E-state index contributed by atoms with van der Waals surface area (Å²) in [7, 11) is 0. The van der Waals surface area contributed by atoms with Gasteiger partial charge in [0.05, 0.1) is 31.6 Å². The summed E-state index contributed by atoms with van der Waals surface area (Å²) < 4.78 is 22.1. The van der Waals surface area contributed by atoms with E-state index in [0.717, 1.165) is 83.3 Å². The van der Waals surface area contributed by atoms with Crippen LogP contribution in [0.5, 0.6) is 0 Å². The predicted octanol–water partition coefficient (Wildman–Crippen LogP) is 2.35. The van der Waals surface area contributed by atoms with Gasteiger partial charge in [0.25, 0.3) is 0 Å². The Balaban J connectivity index is 0.00000261. The molecule has 1 aromatic rings. The van der Waals surface area contributed by atoms with Crippen molar-refractivity contribution in [1.29, 1.82) is 0 Å². The minimum Gasteiger partial charge on any atom is -0.469 e. The highest BCUT2D eigenvalue weighted by Gasteiger charge is 2.16. The molecule has 7 nitrogen and oxygen atoms in total. The van der Waals surface area contributed by atoms with Crippen LogP contribution >= 0.6 is 24.0 Å². The van der Waals surface area contributed by atoms with Crippen LogP contribution in [0.2, 0.25) is 0 Å². The molecule has 2 aliphatic heterocycles. The molecule has 0 spiro atoms. The Morgan fingerprint density at radius 2 is 2.15 bits per heavy atom. The molecular weight excluding hydrogens is 461 g/mol. The van der Waals surface area contributed by atoms with E-state index in [4.69, 9.17) is 18.6 Å². The number of aliphatic imine (C=N–C) groups is 1. The number of hydrogen-bond acceptors (Lipinski definition) is 5. The van der Waals surface area contributed by atoms with Gasteiger partial charge in [-0.1, -0.05) is 0 Å². The molecule has 2 aliphatic rings. The van der Waals surface area contributed by atoms with Crippen molar-refractivity contribution < 1.29 is 18.6 Å². The number of halogens is 1. The maximum Gasteiger partial charge on any atom is 0.191 e. The van der Waals surface area contributed by atoms with Crippen molar-refractivity contribution in [1.82, 2.24) is 10.6 Å². The molecule has 0 radical (unpaired) electrons. The standard InChI is InChI=1S/C19H31N3O4.HI/c1-4-16(24-10-1)6-9-21-19(22-14-17-5-2-11-25-17)20-8-3-12-26-18-7-13-23-15-18;/h1,4,10,17-18H,2-3,5-9,11-15H2,(H2,20,21,22);1H. The molecule has 2 fully saturated rings. The fourth-order valence-corrected chi connectivity index (χ4v) is 3.09. The highest BCUT2D eigenvalue weighted by molar-refractivity contribution is 14.0. The second-order valence-corrected chi connectivity index (χ2v) is 6.72. The first-order chi connectivity index (χ1) is 12.9. The van der Waals surface area contributed by atoms with Gasteiger partial charge in [0.2, 0.25) is 0 Å². The summed E-state index contributed by atoms with van der Waals surface area (Å²) >= 11 is 0. The van der Waals surface area contributed by atoms with Gasteiger partial charge in [0.1, 0.15) is 5.76 Å². The van der Waals surface area contributed by atoms with Crippen molar-refractivity contribution in [2.24, 2.45) is 4.99 Å². The van der Waals surface area contributed by atoms with Gasteiger partial charge in [0, 0.05) is 39.3 Å². The Labute approximate surface area is 178 Å². The number of guanidine groups is 1. The van der Waals surface area contributed by atoms with Gasteiger partial charge in [-0.15, -0.1) is 24.0 Å². The van der Waals surface area contributed by atoms with Crippen LogP contribution < -0.4 is 10.6 Å². The van der Waals surface area contributed by atoms with Crippen LogP contribution in [0.15, 0.2) is 27.8 Å². The summed E-state index contributed by atoms with van der Waals surface area (Å²) in [6.45, 7) is 5.46. The molecule has 27 heavy (non-hydrogen) atoms. The molecule has 3 heterocycles. The third-order valence-electron chi connectivity index (χ3n) is 4.58. The smallest absolute Gasteiger partial charge is 0.191 e. The number of rotatable bonds is 10.